The van der Waals surface area contributed by atoms with Gasteiger partial charge in [0.1, 0.15) is 5.69 Å². The largest absolute Gasteiger partial charge is 0.375 e. The molecule has 0 spiro atoms. The Balaban J connectivity index is 2.03. The van der Waals surface area contributed by atoms with Crippen LogP contribution in [0.3, 0.4) is 0 Å². The van der Waals surface area contributed by atoms with E-state index in [-0.39, 0.29) is 11.1 Å². The van der Waals surface area contributed by atoms with Gasteiger partial charge in [-0.3, -0.25) is 8.75 Å². The fourth-order valence-corrected chi connectivity index (χ4v) is 3.67. The van der Waals surface area contributed by atoms with Gasteiger partial charge in [0.15, 0.2) is 0 Å². The summed E-state index contributed by atoms with van der Waals surface area (Å²) in [7, 11) is 0. The quantitative estimate of drug-likeness (QED) is 0.731. The van der Waals surface area contributed by atoms with Gasteiger partial charge < -0.3 is 5.32 Å². The molecule has 24 heavy (non-hydrogen) atoms. The number of anilines is 1. The third kappa shape index (κ3) is 3.44. The summed E-state index contributed by atoms with van der Waals surface area (Å²) in [6.45, 7) is 6.80. The Labute approximate surface area is 146 Å². The van der Waals surface area contributed by atoms with Gasteiger partial charge in [0.2, 0.25) is 0 Å². The second-order valence-corrected chi connectivity index (χ2v) is 7.73. The molecule has 0 aliphatic carbocycles. The summed E-state index contributed by atoms with van der Waals surface area (Å²) in [5.41, 5.74) is 2.72. The fraction of sp³-hybridized carbons (Fsp3) is 0.250. The molecular formula is C20H22N2OS. The second-order valence-electron chi connectivity index (χ2n) is 6.77. The highest BCUT2D eigenvalue weighted by atomic mass is 32.1. The van der Waals surface area contributed by atoms with Crippen molar-refractivity contribution in [3.05, 3.63) is 76.6 Å². The molecule has 0 fully saturated rings. The zero-order chi connectivity index (χ0) is 17.2. The minimum Gasteiger partial charge on any atom is -0.375 e. The Kier molecular flexibility index (Phi) is 4.58. The number of aromatic nitrogens is 1. The molecule has 0 aliphatic rings. The number of hydrogen-bond acceptors (Lipinski definition) is 3. The van der Waals surface area contributed by atoms with E-state index in [0.717, 1.165) is 16.0 Å². The predicted octanol–water partition coefficient (Wildman–Crippen LogP) is 4.94. The highest BCUT2D eigenvalue weighted by Gasteiger charge is 2.23. The summed E-state index contributed by atoms with van der Waals surface area (Å²) in [5, 5.41) is 3.37. The van der Waals surface area contributed by atoms with Crippen molar-refractivity contribution in [3.63, 3.8) is 0 Å². The van der Waals surface area contributed by atoms with Crippen molar-refractivity contribution >= 4 is 17.2 Å². The average Bonchev–Trinajstić information content (AvgIpc) is 2.91. The molecule has 0 aliphatic heterocycles. The first-order chi connectivity index (χ1) is 11.5. The zero-order valence-corrected chi connectivity index (χ0v) is 15.1. The smallest absolute Gasteiger partial charge is 0.285 e. The third-order valence-corrected chi connectivity index (χ3v) is 5.28. The van der Waals surface area contributed by atoms with Gasteiger partial charge in [0.25, 0.3) is 5.56 Å². The van der Waals surface area contributed by atoms with E-state index >= 15 is 0 Å². The van der Waals surface area contributed by atoms with Crippen LogP contribution in [0.1, 0.15) is 26.3 Å². The molecule has 0 saturated heterocycles. The monoisotopic (exact) mass is 338 g/mol. The Morgan fingerprint density at radius 1 is 0.958 bits per heavy atom. The van der Waals surface area contributed by atoms with Gasteiger partial charge >= 0.3 is 0 Å². The van der Waals surface area contributed by atoms with Gasteiger partial charge in [0, 0.05) is 6.54 Å². The molecule has 0 amide bonds. The van der Waals surface area contributed by atoms with Gasteiger partial charge in [0.05, 0.1) is 10.4 Å². The average molecular weight is 338 g/mol. The summed E-state index contributed by atoms with van der Waals surface area (Å²) in [6, 6.07) is 20.2. The molecule has 1 heterocycles. The Morgan fingerprint density at radius 3 is 2.12 bits per heavy atom. The molecular weight excluding hydrogens is 316 g/mol. The van der Waals surface area contributed by atoms with Crippen molar-refractivity contribution in [2.75, 3.05) is 5.32 Å². The van der Waals surface area contributed by atoms with Crippen molar-refractivity contribution in [1.82, 2.24) is 3.96 Å². The zero-order valence-electron chi connectivity index (χ0n) is 14.2. The molecule has 2 aromatic carbocycles. The minimum absolute atomic E-state index is 0.0438. The molecule has 124 valence electrons. The van der Waals surface area contributed by atoms with Crippen molar-refractivity contribution in [2.45, 2.75) is 32.9 Å². The Hall–Kier alpha value is -2.33. The maximum Gasteiger partial charge on any atom is 0.285 e. The van der Waals surface area contributed by atoms with Crippen LogP contribution in [0.2, 0.25) is 0 Å². The lowest BCUT2D eigenvalue weighted by molar-refractivity contribution is 0.419. The molecule has 4 heteroatoms. The SMILES string of the molecule is CC(C)(C)n1sc(-c2ccccc2)c(NCc2ccccc2)c1=O. The second kappa shape index (κ2) is 6.65. The standard InChI is InChI=1S/C20H22N2OS/c1-20(2,3)22-19(23)17(21-14-15-10-6-4-7-11-15)18(24-22)16-12-8-5-9-13-16/h4-13,21H,14H2,1-3H3. The Bertz CT molecular complexity index is 858. The van der Waals surface area contributed by atoms with E-state index < -0.39 is 0 Å². The summed E-state index contributed by atoms with van der Waals surface area (Å²) in [6.07, 6.45) is 0. The van der Waals surface area contributed by atoms with Gasteiger partial charge in [-0.1, -0.05) is 72.2 Å². The Morgan fingerprint density at radius 2 is 1.54 bits per heavy atom. The van der Waals surface area contributed by atoms with Crippen molar-refractivity contribution < 1.29 is 0 Å². The normalized spacial score (nSPS) is 11.5. The van der Waals surface area contributed by atoms with Crippen molar-refractivity contribution in [2.24, 2.45) is 0 Å². The van der Waals surface area contributed by atoms with Gasteiger partial charge in [-0.15, -0.1) is 0 Å². The van der Waals surface area contributed by atoms with Crippen LogP contribution in [-0.2, 0) is 12.1 Å². The highest BCUT2D eigenvalue weighted by molar-refractivity contribution is 7.11. The lowest BCUT2D eigenvalue weighted by Gasteiger charge is -2.18. The lowest BCUT2D eigenvalue weighted by atomic mass is 10.1. The summed E-state index contributed by atoms with van der Waals surface area (Å²) in [4.78, 5) is 13.9. The number of benzene rings is 2. The van der Waals surface area contributed by atoms with Crippen LogP contribution in [0.5, 0.6) is 0 Å². The topological polar surface area (TPSA) is 34.0 Å². The van der Waals surface area contributed by atoms with E-state index in [4.69, 9.17) is 0 Å². The van der Waals surface area contributed by atoms with Gasteiger partial charge in [-0.05, 0) is 31.9 Å². The molecule has 3 nitrogen and oxygen atoms in total. The number of hydrogen-bond donors (Lipinski definition) is 1. The van der Waals surface area contributed by atoms with Crippen LogP contribution < -0.4 is 10.9 Å². The summed E-state index contributed by atoms with van der Waals surface area (Å²) < 4.78 is 1.85. The van der Waals surface area contributed by atoms with Crippen molar-refractivity contribution in [1.29, 1.82) is 0 Å². The number of nitrogens with zero attached hydrogens (tertiary/aromatic N) is 1. The minimum atomic E-state index is -0.238. The van der Waals surface area contributed by atoms with E-state index in [2.05, 4.69) is 38.2 Å². The first-order valence-corrected chi connectivity index (χ1v) is 8.84. The van der Waals surface area contributed by atoms with E-state index in [9.17, 15) is 4.79 Å². The fourth-order valence-electron chi connectivity index (χ4n) is 2.55. The number of rotatable bonds is 4. The van der Waals surface area contributed by atoms with Gasteiger partial charge in [-0.2, -0.15) is 0 Å². The van der Waals surface area contributed by atoms with Crippen LogP contribution in [0.15, 0.2) is 65.5 Å². The predicted molar refractivity (Wildman–Crippen MR) is 103 cm³/mol. The van der Waals surface area contributed by atoms with Gasteiger partial charge in [-0.25, -0.2) is 0 Å². The molecule has 0 unspecified atom stereocenters. The van der Waals surface area contributed by atoms with Crippen LogP contribution >= 0.6 is 11.5 Å². The first-order valence-electron chi connectivity index (χ1n) is 8.07. The summed E-state index contributed by atoms with van der Waals surface area (Å²) in [5.74, 6) is 0. The molecule has 0 bridgehead atoms. The van der Waals surface area contributed by atoms with Crippen LogP contribution in [0, 0.1) is 0 Å². The third-order valence-electron chi connectivity index (χ3n) is 3.77. The van der Waals surface area contributed by atoms with E-state index in [0.29, 0.717) is 12.2 Å². The molecule has 1 aromatic heterocycles. The molecule has 0 atom stereocenters. The van der Waals surface area contributed by atoms with Crippen LogP contribution in [-0.4, -0.2) is 3.96 Å². The molecule has 3 rings (SSSR count). The maximum atomic E-state index is 12.9. The van der Waals surface area contributed by atoms with Crippen LogP contribution in [0.4, 0.5) is 5.69 Å². The molecule has 3 aromatic rings. The van der Waals surface area contributed by atoms with E-state index in [1.165, 1.54) is 11.5 Å². The van der Waals surface area contributed by atoms with E-state index in [1.54, 1.807) is 0 Å². The molecule has 1 N–H and O–H groups in total. The van der Waals surface area contributed by atoms with Crippen molar-refractivity contribution in [3.8, 4) is 10.4 Å². The van der Waals surface area contributed by atoms with Crippen LogP contribution in [0.25, 0.3) is 10.4 Å². The maximum absolute atomic E-state index is 12.9. The summed E-state index contributed by atoms with van der Waals surface area (Å²) >= 11 is 1.52. The molecule has 0 radical (unpaired) electrons. The lowest BCUT2D eigenvalue weighted by Crippen LogP contribution is -2.30. The molecule has 0 saturated carbocycles. The number of nitrogens with one attached hydrogen (secondary N) is 1. The van der Waals surface area contributed by atoms with E-state index in [1.807, 2.05) is 52.5 Å². The highest BCUT2D eigenvalue weighted by Crippen LogP contribution is 2.33. The first kappa shape index (κ1) is 16.5.